The molecule has 0 saturated heterocycles. The Morgan fingerprint density at radius 3 is 2.04 bits per heavy atom. The zero-order valence-corrected chi connectivity index (χ0v) is 14.7. The molecule has 0 unspecified atom stereocenters. The van der Waals surface area contributed by atoms with Gasteiger partial charge in [-0.05, 0) is 29.3 Å². The van der Waals surface area contributed by atoms with E-state index in [1.165, 1.54) is 12.1 Å². The van der Waals surface area contributed by atoms with Gasteiger partial charge in [-0.3, -0.25) is 4.79 Å². The van der Waals surface area contributed by atoms with Crippen LogP contribution in [0, 0.1) is 11.6 Å². The Morgan fingerprint density at radius 2 is 1.46 bits per heavy atom. The molecule has 0 aliphatic rings. The molecular weight excluding hydrogens is 401 g/mol. The molecule has 0 fully saturated rings. The molecular formula is C20H11ClF5NO. The highest BCUT2D eigenvalue weighted by atomic mass is 35.5. The quantitative estimate of drug-likeness (QED) is 0.486. The molecule has 0 aromatic heterocycles. The number of halogens is 6. The van der Waals surface area contributed by atoms with E-state index in [0.29, 0.717) is 0 Å². The maximum atomic E-state index is 13.7. The molecule has 0 atom stereocenters. The van der Waals surface area contributed by atoms with Crippen molar-refractivity contribution in [1.29, 1.82) is 0 Å². The molecule has 0 radical (unpaired) electrons. The van der Waals surface area contributed by atoms with Crippen LogP contribution < -0.4 is 5.32 Å². The third-order valence-electron chi connectivity index (χ3n) is 3.95. The van der Waals surface area contributed by atoms with Gasteiger partial charge in [0.25, 0.3) is 5.91 Å². The van der Waals surface area contributed by atoms with E-state index in [4.69, 9.17) is 11.6 Å². The van der Waals surface area contributed by atoms with Crippen molar-refractivity contribution in [2.45, 2.75) is 6.18 Å². The predicted molar refractivity (Wildman–Crippen MR) is 96.2 cm³/mol. The van der Waals surface area contributed by atoms with Crippen LogP contribution in [0.4, 0.5) is 27.6 Å². The van der Waals surface area contributed by atoms with Crippen LogP contribution in [0.15, 0.2) is 60.7 Å². The summed E-state index contributed by atoms with van der Waals surface area (Å²) < 4.78 is 68.4. The van der Waals surface area contributed by atoms with Gasteiger partial charge >= 0.3 is 6.18 Å². The highest BCUT2D eigenvalue weighted by molar-refractivity contribution is 6.35. The second kappa shape index (κ2) is 7.59. The maximum absolute atomic E-state index is 13.7. The molecule has 3 aromatic carbocycles. The molecule has 0 aliphatic carbocycles. The van der Waals surface area contributed by atoms with Crippen molar-refractivity contribution in [3.63, 3.8) is 0 Å². The number of benzene rings is 3. The summed E-state index contributed by atoms with van der Waals surface area (Å²) in [5, 5.41) is 1.27. The lowest BCUT2D eigenvalue weighted by atomic mass is 9.98. The summed E-state index contributed by atoms with van der Waals surface area (Å²) >= 11 is 5.94. The van der Waals surface area contributed by atoms with Gasteiger partial charge in [0.1, 0.15) is 17.2 Å². The number of amides is 1. The molecule has 0 saturated carbocycles. The van der Waals surface area contributed by atoms with Crippen molar-refractivity contribution in [2.75, 3.05) is 5.32 Å². The summed E-state index contributed by atoms with van der Waals surface area (Å²) in [6, 6.07) is 12.8. The summed E-state index contributed by atoms with van der Waals surface area (Å²) in [4.78, 5) is 12.2. The first-order valence-electron chi connectivity index (χ1n) is 7.90. The molecule has 28 heavy (non-hydrogen) atoms. The Bertz CT molecular complexity index is 1010. The molecule has 0 bridgehead atoms. The minimum atomic E-state index is -4.83. The fraction of sp³-hybridized carbons (Fsp3) is 0.0500. The van der Waals surface area contributed by atoms with Crippen LogP contribution in [0.3, 0.4) is 0 Å². The van der Waals surface area contributed by atoms with Crippen molar-refractivity contribution in [2.24, 2.45) is 0 Å². The number of carbonyl (C=O) groups is 1. The molecule has 2 nitrogen and oxygen atoms in total. The van der Waals surface area contributed by atoms with Crippen LogP contribution in [0.5, 0.6) is 0 Å². The third kappa shape index (κ3) is 3.84. The number of hydrogen-bond acceptors (Lipinski definition) is 1. The zero-order chi connectivity index (χ0) is 20.5. The second-order valence-electron chi connectivity index (χ2n) is 5.76. The van der Waals surface area contributed by atoms with E-state index < -0.39 is 45.6 Å². The maximum Gasteiger partial charge on any atom is 0.418 e. The van der Waals surface area contributed by atoms with E-state index in [1.54, 1.807) is 18.2 Å². The van der Waals surface area contributed by atoms with Crippen molar-refractivity contribution in [1.82, 2.24) is 0 Å². The Hall–Kier alpha value is -2.93. The van der Waals surface area contributed by atoms with Gasteiger partial charge in [0.05, 0.1) is 16.3 Å². The Morgan fingerprint density at radius 1 is 0.857 bits per heavy atom. The highest BCUT2D eigenvalue weighted by Gasteiger charge is 2.37. The van der Waals surface area contributed by atoms with Gasteiger partial charge in [-0.1, -0.05) is 54.1 Å². The average molecular weight is 412 g/mol. The van der Waals surface area contributed by atoms with E-state index in [9.17, 15) is 26.7 Å². The van der Waals surface area contributed by atoms with E-state index in [2.05, 4.69) is 0 Å². The van der Waals surface area contributed by atoms with E-state index in [0.717, 1.165) is 30.3 Å². The minimum absolute atomic E-state index is 0.187. The summed E-state index contributed by atoms with van der Waals surface area (Å²) in [5.74, 6) is -3.55. The monoisotopic (exact) mass is 411 g/mol. The van der Waals surface area contributed by atoms with E-state index in [-0.39, 0.29) is 11.1 Å². The standard InChI is InChI=1S/C20H11ClF5NO/c21-18-15(27-19(28)16-13(22)7-4-8-14(16)23)10-9-12(17(18)20(24,25)26)11-5-2-1-3-6-11/h1-10H,(H,27,28). The van der Waals surface area contributed by atoms with Crippen LogP contribution in [0.2, 0.25) is 5.02 Å². The molecule has 1 N–H and O–H groups in total. The van der Waals surface area contributed by atoms with Gasteiger partial charge in [-0.2, -0.15) is 13.2 Å². The fourth-order valence-corrected chi connectivity index (χ4v) is 3.03. The number of hydrogen-bond donors (Lipinski definition) is 1. The highest BCUT2D eigenvalue weighted by Crippen LogP contribution is 2.44. The molecule has 0 heterocycles. The molecule has 8 heteroatoms. The molecule has 1 amide bonds. The number of alkyl halides is 3. The zero-order valence-electron chi connectivity index (χ0n) is 13.9. The van der Waals surface area contributed by atoms with Crippen molar-refractivity contribution in [3.05, 3.63) is 88.4 Å². The topological polar surface area (TPSA) is 29.1 Å². The molecule has 144 valence electrons. The fourth-order valence-electron chi connectivity index (χ4n) is 2.71. The van der Waals surface area contributed by atoms with Crippen LogP contribution in [0.1, 0.15) is 15.9 Å². The molecule has 0 aliphatic heterocycles. The first kappa shape index (κ1) is 19.8. The third-order valence-corrected chi connectivity index (χ3v) is 4.34. The van der Waals surface area contributed by atoms with Gasteiger partial charge in [0.2, 0.25) is 0 Å². The first-order chi connectivity index (χ1) is 13.2. The summed E-state index contributed by atoms with van der Waals surface area (Å²) in [5.41, 5.74) is -2.41. The molecule has 0 spiro atoms. The van der Waals surface area contributed by atoms with Gasteiger partial charge in [0, 0.05) is 0 Å². The van der Waals surface area contributed by atoms with Crippen LogP contribution in [-0.4, -0.2) is 5.91 Å². The normalized spacial score (nSPS) is 11.4. The van der Waals surface area contributed by atoms with Gasteiger partial charge in [-0.25, -0.2) is 8.78 Å². The van der Waals surface area contributed by atoms with Crippen LogP contribution >= 0.6 is 11.6 Å². The summed E-state index contributed by atoms with van der Waals surface area (Å²) in [6.45, 7) is 0. The predicted octanol–water partition coefficient (Wildman–Crippen LogP) is 6.56. The van der Waals surface area contributed by atoms with Crippen molar-refractivity contribution < 1.29 is 26.7 Å². The number of rotatable bonds is 3. The molecule has 3 rings (SSSR count). The Labute approximate surface area is 161 Å². The van der Waals surface area contributed by atoms with Crippen molar-refractivity contribution in [3.8, 4) is 11.1 Å². The number of nitrogens with one attached hydrogen (secondary N) is 1. The van der Waals surface area contributed by atoms with Gasteiger partial charge in [-0.15, -0.1) is 0 Å². The lowest BCUT2D eigenvalue weighted by molar-refractivity contribution is -0.136. The van der Waals surface area contributed by atoms with E-state index in [1.807, 2.05) is 5.32 Å². The second-order valence-corrected chi connectivity index (χ2v) is 6.14. The van der Waals surface area contributed by atoms with Gasteiger partial charge < -0.3 is 5.32 Å². The van der Waals surface area contributed by atoms with Gasteiger partial charge in [0.15, 0.2) is 0 Å². The summed E-state index contributed by atoms with van der Waals surface area (Å²) in [7, 11) is 0. The lowest BCUT2D eigenvalue weighted by Gasteiger charge is -2.18. The van der Waals surface area contributed by atoms with Crippen LogP contribution in [0.25, 0.3) is 11.1 Å². The average Bonchev–Trinajstić information content (AvgIpc) is 2.62. The van der Waals surface area contributed by atoms with Crippen molar-refractivity contribution >= 4 is 23.2 Å². The Balaban J connectivity index is 2.08. The number of carbonyl (C=O) groups excluding carboxylic acids is 1. The van der Waals surface area contributed by atoms with E-state index >= 15 is 0 Å². The molecule has 3 aromatic rings. The first-order valence-corrected chi connectivity index (χ1v) is 8.28. The largest absolute Gasteiger partial charge is 0.418 e. The lowest BCUT2D eigenvalue weighted by Crippen LogP contribution is -2.17. The van der Waals surface area contributed by atoms with Crippen LogP contribution in [-0.2, 0) is 6.18 Å². The SMILES string of the molecule is O=C(Nc1ccc(-c2ccccc2)c(C(F)(F)F)c1Cl)c1c(F)cccc1F. The minimum Gasteiger partial charge on any atom is -0.320 e. The summed E-state index contributed by atoms with van der Waals surface area (Å²) in [6.07, 6.45) is -4.83. The number of anilines is 1. The smallest absolute Gasteiger partial charge is 0.320 e. The Kier molecular flexibility index (Phi) is 5.38.